The zero-order valence-corrected chi connectivity index (χ0v) is 10.6. The molecule has 0 aromatic rings. The van der Waals surface area contributed by atoms with Gasteiger partial charge in [-0.3, -0.25) is 4.79 Å². The number of ether oxygens (including phenoxy) is 3. The van der Waals surface area contributed by atoms with E-state index in [1.54, 1.807) is 14.2 Å². The molecule has 0 unspecified atom stereocenters. The summed E-state index contributed by atoms with van der Waals surface area (Å²) in [6, 6.07) is 0. The summed E-state index contributed by atoms with van der Waals surface area (Å²) < 4.78 is 15.1. The quantitative estimate of drug-likeness (QED) is 0.421. The van der Waals surface area contributed by atoms with Gasteiger partial charge in [-0.1, -0.05) is 13.2 Å². The van der Waals surface area contributed by atoms with Crippen molar-refractivity contribution in [1.82, 2.24) is 4.90 Å². The number of allylic oxidation sites excluding steroid dienone is 1. The number of carbonyl (C=O) groups is 1. The van der Waals surface area contributed by atoms with E-state index in [0.29, 0.717) is 32.1 Å². The molecule has 0 spiro atoms. The van der Waals surface area contributed by atoms with Crippen LogP contribution < -0.4 is 0 Å². The van der Waals surface area contributed by atoms with Crippen LogP contribution in [-0.2, 0) is 19.0 Å². The predicted octanol–water partition coefficient (Wildman–Crippen LogP) is 0.824. The van der Waals surface area contributed by atoms with E-state index in [2.05, 4.69) is 13.2 Å². The van der Waals surface area contributed by atoms with E-state index in [0.717, 1.165) is 0 Å². The first kappa shape index (κ1) is 15.8. The highest BCUT2D eigenvalue weighted by molar-refractivity contribution is 5.79. The molecule has 0 saturated carbocycles. The maximum absolute atomic E-state index is 11.5. The minimum atomic E-state index is -0.160. The summed E-state index contributed by atoms with van der Waals surface area (Å²) in [5.41, 5.74) is 0.551. The summed E-state index contributed by atoms with van der Waals surface area (Å²) in [5, 5.41) is 0. The summed E-state index contributed by atoms with van der Waals surface area (Å²) in [5.74, 6) is -0.160. The lowest BCUT2D eigenvalue weighted by atomic mass is 10.4. The Morgan fingerprint density at radius 1 is 1.24 bits per heavy atom. The maximum Gasteiger partial charge on any atom is 0.252 e. The van der Waals surface area contributed by atoms with E-state index < -0.39 is 0 Å². The molecule has 0 aliphatic rings. The van der Waals surface area contributed by atoms with E-state index in [-0.39, 0.29) is 12.5 Å². The normalized spacial score (nSPS) is 10.0. The molecule has 0 radical (unpaired) electrons. The molecule has 5 nitrogen and oxygen atoms in total. The van der Waals surface area contributed by atoms with Crippen LogP contribution in [0.15, 0.2) is 24.9 Å². The molecule has 17 heavy (non-hydrogen) atoms. The zero-order chi connectivity index (χ0) is 13.1. The Morgan fingerprint density at radius 3 is 2.41 bits per heavy atom. The van der Waals surface area contributed by atoms with E-state index in [1.807, 2.05) is 0 Å². The average molecular weight is 243 g/mol. The van der Waals surface area contributed by atoms with Crippen molar-refractivity contribution in [2.45, 2.75) is 0 Å². The number of nitrogens with zero attached hydrogens (tertiary/aromatic N) is 1. The van der Waals surface area contributed by atoms with Gasteiger partial charge < -0.3 is 19.1 Å². The largest absolute Gasteiger partial charge is 0.382 e. The fourth-order valence-corrected chi connectivity index (χ4v) is 0.916. The van der Waals surface area contributed by atoms with Gasteiger partial charge in [-0.05, 0) is 6.08 Å². The number of hydrogen-bond donors (Lipinski definition) is 0. The predicted molar refractivity (Wildman–Crippen MR) is 65.6 cm³/mol. The Hall–Kier alpha value is -1.17. The SMILES string of the molecule is C=CC(=C)N(C)C(=O)COCCOCCOC. The third-order valence-corrected chi connectivity index (χ3v) is 2.07. The van der Waals surface area contributed by atoms with E-state index in [1.165, 1.54) is 11.0 Å². The van der Waals surface area contributed by atoms with Gasteiger partial charge in [-0.15, -0.1) is 0 Å². The summed E-state index contributed by atoms with van der Waals surface area (Å²) in [4.78, 5) is 12.9. The van der Waals surface area contributed by atoms with Crippen LogP contribution in [0, 0.1) is 0 Å². The highest BCUT2D eigenvalue weighted by Gasteiger charge is 2.09. The fourth-order valence-electron chi connectivity index (χ4n) is 0.916. The van der Waals surface area contributed by atoms with Gasteiger partial charge in [0, 0.05) is 19.9 Å². The number of hydrogen-bond acceptors (Lipinski definition) is 4. The zero-order valence-electron chi connectivity index (χ0n) is 10.6. The number of likely N-dealkylation sites (N-methyl/N-ethyl adjacent to an activating group) is 1. The smallest absolute Gasteiger partial charge is 0.252 e. The molecular formula is C12H21NO4. The van der Waals surface area contributed by atoms with E-state index >= 15 is 0 Å². The molecule has 0 bridgehead atoms. The van der Waals surface area contributed by atoms with Gasteiger partial charge in [-0.25, -0.2) is 0 Å². The molecule has 0 rings (SSSR count). The van der Waals surface area contributed by atoms with Crippen molar-refractivity contribution >= 4 is 5.91 Å². The molecule has 0 aliphatic heterocycles. The van der Waals surface area contributed by atoms with Crippen LogP contribution in [0.3, 0.4) is 0 Å². The van der Waals surface area contributed by atoms with Gasteiger partial charge in [0.2, 0.25) is 0 Å². The van der Waals surface area contributed by atoms with E-state index in [9.17, 15) is 4.79 Å². The highest BCUT2D eigenvalue weighted by atomic mass is 16.5. The van der Waals surface area contributed by atoms with Gasteiger partial charge in [0.1, 0.15) is 6.61 Å². The second kappa shape index (κ2) is 10.0. The molecule has 0 aromatic heterocycles. The molecule has 0 fully saturated rings. The lowest BCUT2D eigenvalue weighted by Gasteiger charge is -2.16. The summed E-state index contributed by atoms with van der Waals surface area (Å²) >= 11 is 0. The molecule has 0 aromatic carbocycles. The van der Waals surface area contributed by atoms with Crippen molar-refractivity contribution in [2.24, 2.45) is 0 Å². The first-order chi connectivity index (χ1) is 8.13. The number of rotatable bonds is 10. The average Bonchev–Trinajstić information content (AvgIpc) is 2.35. The monoisotopic (exact) mass is 243 g/mol. The molecule has 98 valence electrons. The van der Waals surface area contributed by atoms with Crippen LogP contribution in [0.25, 0.3) is 0 Å². The maximum atomic E-state index is 11.5. The number of carbonyl (C=O) groups excluding carboxylic acids is 1. The second-order valence-corrected chi connectivity index (χ2v) is 3.31. The highest BCUT2D eigenvalue weighted by Crippen LogP contribution is 1.99. The lowest BCUT2D eigenvalue weighted by Crippen LogP contribution is -2.29. The molecule has 0 saturated heterocycles. The fraction of sp³-hybridized carbons (Fsp3) is 0.583. The topological polar surface area (TPSA) is 48.0 Å². The van der Waals surface area contributed by atoms with Gasteiger partial charge in [0.25, 0.3) is 5.91 Å². The third-order valence-electron chi connectivity index (χ3n) is 2.07. The molecular weight excluding hydrogens is 222 g/mol. The molecule has 0 atom stereocenters. The van der Waals surface area contributed by atoms with Gasteiger partial charge in [-0.2, -0.15) is 0 Å². The van der Waals surface area contributed by atoms with Crippen LogP contribution in [0.5, 0.6) is 0 Å². The van der Waals surface area contributed by atoms with Gasteiger partial charge in [0.05, 0.1) is 26.4 Å². The van der Waals surface area contributed by atoms with Gasteiger partial charge in [0.15, 0.2) is 0 Å². The number of methoxy groups -OCH3 is 1. The molecule has 0 heterocycles. The lowest BCUT2D eigenvalue weighted by molar-refractivity contribution is -0.133. The Kier molecular flexibility index (Phi) is 9.33. The van der Waals surface area contributed by atoms with E-state index in [4.69, 9.17) is 14.2 Å². The van der Waals surface area contributed by atoms with Crippen molar-refractivity contribution in [1.29, 1.82) is 0 Å². The first-order valence-electron chi connectivity index (χ1n) is 5.35. The Bertz CT molecular complexity index is 253. The van der Waals surface area contributed by atoms with Crippen LogP contribution in [-0.4, -0.2) is 58.0 Å². The Balaban J connectivity index is 3.51. The van der Waals surface area contributed by atoms with Gasteiger partial charge >= 0.3 is 0 Å². The molecule has 5 heteroatoms. The summed E-state index contributed by atoms with van der Waals surface area (Å²) in [6.45, 7) is 9.12. The molecule has 1 amide bonds. The third kappa shape index (κ3) is 7.68. The van der Waals surface area contributed by atoms with Crippen molar-refractivity contribution in [3.63, 3.8) is 0 Å². The van der Waals surface area contributed by atoms with Crippen molar-refractivity contribution in [2.75, 3.05) is 47.2 Å². The second-order valence-electron chi connectivity index (χ2n) is 3.31. The first-order valence-corrected chi connectivity index (χ1v) is 5.35. The van der Waals surface area contributed by atoms with Crippen molar-refractivity contribution in [3.05, 3.63) is 24.9 Å². The molecule has 0 N–H and O–H groups in total. The van der Waals surface area contributed by atoms with Crippen LogP contribution in [0.1, 0.15) is 0 Å². The summed E-state index contributed by atoms with van der Waals surface area (Å²) in [7, 11) is 3.24. The summed E-state index contributed by atoms with van der Waals surface area (Å²) in [6.07, 6.45) is 1.52. The number of amides is 1. The standard InChI is InChI=1S/C12H21NO4/c1-5-11(2)13(3)12(14)10-17-9-8-16-7-6-15-4/h5H,1-2,6-10H2,3-4H3. The van der Waals surface area contributed by atoms with Crippen LogP contribution in [0.4, 0.5) is 0 Å². The van der Waals surface area contributed by atoms with Crippen molar-refractivity contribution < 1.29 is 19.0 Å². The Morgan fingerprint density at radius 2 is 1.82 bits per heavy atom. The van der Waals surface area contributed by atoms with Crippen LogP contribution >= 0.6 is 0 Å². The minimum Gasteiger partial charge on any atom is -0.382 e. The van der Waals surface area contributed by atoms with Crippen molar-refractivity contribution in [3.8, 4) is 0 Å². The Labute approximate surface area is 103 Å². The minimum absolute atomic E-state index is 0.0109. The molecule has 0 aliphatic carbocycles. The van der Waals surface area contributed by atoms with Crippen LogP contribution in [0.2, 0.25) is 0 Å².